The average molecular weight is 1270 g/mol. The van der Waals surface area contributed by atoms with Crippen molar-refractivity contribution in [1.82, 2.24) is 24.9 Å². The molecule has 18 nitrogen and oxygen atoms in total. The van der Waals surface area contributed by atoms with Crippen LogP contribution in [0.5, 0.6) is 0 Å². The predicted molar refractivity (Wildman–Crippen MR) is 359 cm³/mol. The Morgan fingerprint density at radius 2 is 0.742 bits per heavy atom. The van der Waals surface area contributed by atoms with Crippen LogP contribution in [0, 0.1) is 29.6 Å². The number of likely N-dealkylation sites (tertiary alicyclic amines) is 4. The number of fused-ring (bicyclic) bond motifs is 10. The van der Waals surface area contributed by atoms with E-state index in [1.54, 1.807) is 0 Å². The van der Waals surface area contributed by atoms with Gasteiger partial charge >= 0.3 is 24.4 Å². The molecule has 4 aromatic carbocycles. The second-order valence-electron chi connectivity index (χ2n) is 29.6. The van der Waals surface area contributed by atoms with Crippen LogP contribution >= 0.6 is 0 Å². The summed E-state index contributed by atoms with van der Waals surface area (Å²) in [4.78, 5) is 70.0. The Morgan fingerprint density at radius 3 is 1.10 bits per heavy atom. The Morgan fingerprint density at radius 1 is 0.409 bits per heavy atom. The first-order valence-electron chi connectivity index (χ1n) is 35.9. The summed E-state index contributed by atoms with van der Waals surface area (Å²) in [6.07, 6.45) is 24.0. The number of amides is 5. The van der Waals surface area contributed by atoms with Crippen molar-refractivity contribution in [1.29, 1.82) is 0 Å². The summed E-state index contributed by atoms with van der Waals surface area (Å²) in [5, 5.41) is 14.6. The number of nitrogens with one attached hydrogen (secondary N) is 5. The number of ether oxygens (including phenoxy) is 4. The van der Waals surface area contributed by atoms with E-state index < -0.39 is 22.4 Å². The molecule has 5 amide bonds. The quantitative estimate of drug-likeness (QED) is 0.119. The van der Waals surface area contributed by atoms with Crippen LogP contribution in [-0.4, -0.2) is 133 Å². The van der Waals surface area contributed by atoms with Gasteiger partial charge in [-0.1, -0.05) is 99.5 Å². The summed E-state index contributed by atoms with van der Waals surface area (Å²) in [6, 6.07) is 34.2. The van der Waals surface area contributed by atoms with Gasteiger partial charge < -0.3 is 34.1 Å². The van der Waals surface area contributed by atoms with Crippen LogP contribution in [0.3, 0.4) is 0 Å². The fourth-order valence-electron chi connectivity index (χ4n) is 18.8. The first-order chi connectivity index (χ1) is 45.3. The van der Waals surface area contributed by atoms with E-state index in [1.165, 1.54) is 64.2 Å². The Bertz CT molecular complexity index is 3300. The number of hydrogen-bond acceptors (Lipinski definition) is 13. The molecule has 17 rings (SSSR count). The standard InChI is InChI=1S/C21H27N3O3.C21H28N2O2.C21H30N2O2.C12H14N2O2/c25-19(15-5-6-15)24-11-7-16(8-12-24)23-13-9-21(10-14-23)17-3-1-2-4-18(17)22-20(26)27-21;24-20-22-18-10-2-1-9-17(18)21(25-20)11-13-23(14-12-21)19-15-5-3-6-16(19)8-4-7-15;1-15(2)16-7-9-17(10-8-16)23-13-11-21(12-14-23)18-5-3-4-6-19(18)22-20(24)25-21;15-11-14-10-4-2-1-3-9(10)12(16-11)5-7-13-8-6-12/h1-4,15-16H,5-14H2,(H,22,26);1-2,9-10,15-16,19H,3-8,11-14H2,(H,22,24);3-6,15-17H,7-14H2,1-2H3,(H,22,24);1-4,13H,5-8H2,(H,14,15). The average Bonchev–Trinajstić information content (AvgIpc) is 0.929. The molecule has 4 spiro atoms. The van der Waals surface area contributed by atoms with Crippen LogP contribution in [0.4, 0.5) is 41.9 Å². The number of rotatable bonds is 5. The topological polar surface area (TPSA) is 195 Å². The van der Waals surface area contributed by atoms with Crippen molar-refractivity contribution in [3.63, 3.8) is 0 Å². The molecule has 0 aromatic heterocycles. The van der Waals surface area contributed by atoms with Crippen molar-refractivity contribution in [3.8, 4) is 0 Å². The van der Waals surface area contributed by atoms with Crippen LogP contribution in [0.25, 0.3) is 0 Å². The molecule has 2 bridgehead atoms. The molecule has 498 valence electrons. The largest absolute Gasteiger partial charge is 0.438 e. The van der Waals surface area contributed by atoms with Gasteiger partial charge in [-0.25, -0.2) is 19.2 Å². The minimum Gasteiger partial charge on any atom is -0.438 e. The van der Waals surface area contributed by atoms with E-state index in [2.05, 4.69) is 84.3 Å². The summed E-state index contributed by atoms with van der Waals surface area (Å²) in [5.74, 6) is 4.24. The molecule has 0 radical (unpaired) electrons. The summed E-state index contributed by atoms with van der Waals surface area (Å²) in [7, 11) is 0. The molecule has 0 unspecified atom stereocenters. The maximum absolute atomic E-state index is 12.3. The number of hydrogen-bond donors (Lipinski definition) is 5. The highest BCUT2D eigenvalue weighted by Gasteiger charge is 2.51. The van der Waals surface area contributed by atoms with Crippen LogP contribution in [0.1, 0.15) is 177 Å². The van der Waals surface area contributed by atoms with E-state index >= 15 is 0 Å². The fourth-order valence-corrected chi connectivity index (χ4v) is 18.8. The smallest absolute Gasteiger partial charge is 0.412 e. The fraction of sp³-hybridized carbons (Fsp3) is 0.613. The normalized spacial score (nSPS) is 28.2. The molecule has 9 heterocycles. The van der Waals surface area contributed by atoms with Gasteiger partial charge in [-0.2, -0.15) is 0 Å². The van der Waals surface area contributed by atoms with Crippen LogP contribution < -0.4 is 26.6 Å². The number of piperidine rings is 5. The van der Waals surface area contributed by atoms with Gasteiger partial charge in [0.25, 0.3) is 0 Å². The molecule has 9 fully saturated rings. The van der Waals surface area contributed by atoms with Gasteiger partial charge in [0.1, 0.15) is 22.4 Å². The molecule has 93 heavy (non-hydrogen) atoms. The van der Waals surface area contributed by atoms with Crippen molar-refractivity contribution < 1.29 is 42.9 Å². The zero-order chi connectivity index (χ0) is 63.7. The maximum atomic E-state index is 12.3. The van der Waals surface area contributed by atoms with E-state index in [1.807, 2.05) is 72.8 Å². The van der Waals surface area contributed by atoms with E-state index in [0.717, 1.165) is 223 Å². The van der Waals surface area contributed by atoms with Gasteiger partial charge in [-0.15, -0.1) is 0 Å². The van der Waals surface area contributed by atoms with Gasteiger partial charge in [0, 0.05) is 150 Å². The monoisotopic (exact) mass is 1270 g/mol. The molecule has 9 aliphatic heterocycles. The Labute approximate surface area is 549 Å². The number of para-hydroxylation sites is 4. The minimum atomic E-state index is -0.488. The van der Waals surface area contributed by atoms with E-state index in [9.17, 15) is 24.0 Å². The van der Waals surface area contributed by atoms with Gasteiger partial charge in [0.2, 0.25) is 5.91 Å². The molecule has 4 aromatic rings. The molecule has 4 saturated carbocycles. The lowest BCUT2D eigenvalue weighted by atomic mass is 9.67. The third-order valence-electron chi connectivity index (χ3n) is 24.1. The Balaban J connectivity index is 0.000000109. The lowest BCUT2D eigenvalue weighted by molar-refractivity contribution is -0.134. The summed E-state index contributed by atoms with van der Waals surface area (Å²) < 4.78 is 23.1. The Kier molecular flexibility index (Phi) is 18.6. The first-order valence-corrected chi connectivity index (χ1v) is 35.9. The van der Waals surface area contributed by atoms with Gasteiger partial charge in [-0.05, 0) is 138 Å². The van der Waals surface area contributed by atoms with Crippen molar-refractivity contribution in [2.24, 2.45) is 29.6 Å². The van der Waals surface area contributed by atoms with Gasteiger partial charge in [0.05, 0.1) is 22.7 Å². The SMILES string of the molecule is CC(C)C1CCC(N2CCC3(CC2)OC(=O)Nc2ccccc23)CC1.O=C1Nc2ccccc2C2(CCN(C3C4CCCC3CCC4)CC2)O1.O=C1Nc2ccccc2C2(CCN(C3CCN(C(=O)C4CC4)CC3)CC2)O1.O=C1Nc2ccccc2C2(CCNCC2)O1. The second-order valence-corrected chi connectivity index (χ2v) is 29.6. The summed E-state index contributed by atoms with van der Waals surface area (Å²) >= 11 is 0. The summed E-state index contributed by atoms with van der Waals surface area (Å²) in [5.41, 5.74) is 6.41. The molecule has 13 aliphatic rings. The molecule has 5 saturated heterocycles. The minimum absolute atomic E-state index is 0.290. The lowest BCUT2D eigenvalue weighted by Gasteiger charge is -2.52. The molecule has 0 atom stereocenters. The lowest BCUT2D eigenvalue weighted by Crippen LogP contribution is -2.56. The number of anilines is 4. The number of carbonyl (C=O) groups is 5. The third kappa shape index (κ3) is 13.4. The van der Waals surface area contributed by atoms with Crippen molar-refractivity contribution in [2.45, 2.75) is 196 Å². The highest BCUT2D eigenvalue weighted by molar-refractivity contribution is 5.91. The zero-order valence-electron chi connectivity index (χ0n) is 54.9. The highest BCUT2D eigenvalue weighted by Crippen LogP contribution is 2.50. The highest BCUT2D eigenvalue weighted by atomic mass is 16.6. The molecule has 18 heteroatoms. The first kappa shape index (κ1) is 63.7. The maximum Gasteiger partial charge on any atom is 0.412 e. The van der Waals surface area contributed by atoms with Crippen LogP contribution in [-0.2, 0) is 46.1 Å². The van der Waals surface area contributed by atoms with E-state index in [4.69, 9.17) is 18.9 Å². The number of nitrogens with zero attached hydrogens (tertiary/aromatic N) is 4. The number of benzene rings is 4. The summed E-state index contributed by atoms with van der Waals surface area (Å²) in [6.45, 7) is 14.3. The molecule has 4 aliphatic carbocycles. The third-order valence-corrected chi connectivity index (χ3v) is 24.1. The van der Waals surface area contributed by atoms with Crippen LogP contribution in [0.2, 0.25) is 0 Å². The van der Waals surface area contributed by atoms with Gasteiger partial charge in [0.15, 0.2) is 0 Å². The molecular weight excluding hydrogens is 1170 g/mol. The van der Waals surface area contributed by atoms with Crippen LogP contribution in [0.15, 0.2) is 97.1 Å². The number of carbonyl (C=O) groups excluding carboxylic acids is 5. The van der Waals surface area contributed by atoms with Crippen molar-refractivity contribution in [3.05, 3.63) is 119 Å². The van der Waals surface area contributed by atoms with Crippen molar-refractivity contribution >= 4 is 53.0 Å². The van der Waals surface area contributed by atoms with Gasteiger partial charge in [-0.3, -0.25) is 35.9 Å². The van der Waals surface area contributed by atoms with E-state index in [0.29, 0.717) is 17.9 Å². The zero-order valence-corrected chi connectivity index (χ0v) is 54.9. The van der Waals surface area contributed by atoms with Crippen molar-refractivity contribution in [2.75, 3.05) is 86.7 Å². The molecule has 5 N–H and O–H groups in total. The predicted octanol–water partition coefficient (Wildman–Crippen LogP) is 14.0. The second kappa shape index (κ2) is 27.2. The molecular formula is C75H99N9O9. The van der Waals surface area contributed by atoms with E-state index in [-0.39, 0.29) is 24.4 Å². The Hall–Kier alpha value is -6.73.